The molecule has 5 rings (SSSR count). The van der Waals surface area contributed by atoms with Crippen LogP contribution in [-0.4, -0.2) is 28.2 Å². The van der Waals surface area contributed by atoms with E-state index in [1.54, 1.807) is 34.2 Å². The van der Waals surface area contributed by atoms with E-state index in [1.807, 2.05) is 51.1 Å². The molecule has 8 heteroatoms. The van der Waals surface area contributed by atoms with Crippen LogP contribution in [0.25, 0.3) is 22.6 Å². The van der Waals surface area contributed by atoms with E-state index in [0.717, 1.165) is 22.5 Å². The Morgan fingerprint density at radius 1 is 0.938 bits per heavy atom. The third-order valence-electron chi connectivity index (χ3n) is 6.23. The van der Waals surface area contributed by atoms with Gasteiger partial charge in [-0.2, -0.15) is 4.98 Å². The summed E-state index contributed by atoms with van der Waals surface area (Å²) in [7, 11) is 1.62. The van der Waals surface area contributed by atoms with Crippen molar-refractivity contribution in [3.05, 3.63) is 91.9 Å². The molecular formula is C24H23N5O3. The monoisotopic (exact) mass is 429 g/mol. The van der Waals surface area contributed by atoms with Crippen LogP contribution in [0, 0.1) is 20.8 Å². The van der Waals surface area contributed by atoms with Crippen molar-refractivity contribution in [1.29, 1.82) is 0 Å². The van der Waals surface area contributed by atoms with E-state index in [0.29, 0.717) is 22.6 Å². The Balaban J connectivity index is 1.87. The molecule has 0 aliphatic heterocycles. The molecule has 0 aliphatic rings. The Labute approximate surface area is 183 Å². The molecule has 3 heterocycles. The largest absolute Gasteiger partial charge is 0.506 e. The van der Waals surface area contributed by atoms with E-state index >= 15 is 0 Å². The van der Waals surface area contributed by atoms with Crippen molar-refractivity contribution in [2.75, 3.05) is 0 Å². The lowest BCUT2D eigenvalue weighted by Crippen LogP contribution is -2.39. The fourth-order valence-corrected chi connectivity index (χ4v) is 4.29. The predicted molar refractivity (Wildman–Crippen MR) is 123 cm³/mol. The van der Waals surface area contributed by atoms with Crippen molar-refractivity contribution in [2.24, 2.45) is 7.05 Å². The second kappa shape index (κ2) is 6.98. The third kappa shape index (κ3) is 2.65. The number of aromatic nitrogens is 5. The second-order valence-corrected chi connectivity index (χ2v) is 8.07. The highest BCUT2D eigenvalue weighted by molar-refractivity contribution is 5.77. The maximum absolute atomic E-state index is 13.6. The molecule has 0 saturated heterocycles. The molecule has 0 saturated carbocycles. The van der Waals surface area contributed by atoms with Gasteiger partial charge in [0.15, 0.2) is 11.2 Å². The van der Waals surface area contributed by atoms with E-state index in [-0.39, 0.29) is 12.3 Å². The standard InChI is InChI=1S/C24H23N5O3/c1-14-9-5-6-10-17(14)13-27-22(31)20-21(26(4)24(27)32)25-23-28(15(2)16(3)29(20)23)18-11-7-8-12-19(18)30/h5-12,30H,13H2,1-4H3. The zero-order valence-corrected chi connectivity index (χ0v) is 18.3. The molecule has 3 aromatic heterocycles. The molecule has 5 aromatic rings. The molecule has 0 fully saturated rings. The van der Waals surface area contributed by atoms with Gasteiger partial charge in [0.25, 0.3) is 5.56 Å². The first-order valence-corrected chi connectivity index (χ1v) is 10.3. The van der Waals surface area contributed by atoms with Crippen LogP contribution in [0.3, 0.4) is 0 Å². The Morgan fingerprint density at radius 2 is 1.62 bits per heavy atom. The van der Waals surface area contributed by atoms with E-state index in [9.17, 15) is 14.7 Å². The van der Waals surface area contributed by atoms with Gasteiger partial charge in [0.05, 0.1) is 12.2 Å². The van der Waals surface area contributed by atoms with Gasteiger partial charge in [0.2, 0.25) is 5.78 Å². The lowest BCUT2D eigenvalue weighted by Gasteiger charge is -2.10. The van der Waals surface area contributed by atoms with Crippen LogP contribution in [0.2, 0.25) is 0 Å². The molecule has 0 radical (unpaired) electrons. The smallest absolute Gasteiger partial charge is 0.332 e. The lowest BCUT2D eigenvalue weighted by atomic mass is 10.1. The maximum atomic E-state index is 13.6. The number of rotatable bonds is 3. The molecular weight excluding hydrogens is 406 g/mol. The number of imidazole rings is 2. The van der Waals surface area contributed by atoms with Gasteiger partial charge in [0, 0.05) is 18.4 Å². The zero-order chi connectivity index (χ0) is 22.7. The molecule has 1 N–H and O–H groups in total. The number of phenols is 1. The number of nitrogens with zero attached hydrogens (tertiary/aromatic N) is 5. The molecule has 0 spiro atoms. The number of aryl methyl sites for hydroxylation is 3. The maximum Gasteiger partial charge on any atom is 0.332 e. The van der Waals surface area contributed by atoms with Crippen LogP contribution < -0.4 is 11.2 Å². The van der Waals surface area contributed by atoms with Crippen molar-refractivity contribution in [2.45, 2.75) is 27.3 Å². The molecule has 162 valence electrons. The van der Waals surface area contributed by atoms with Crippen LogP contribution in [0.1, 0.15) is 22.5 Å². The fourth-order valence-electron chi connectivity index (χ4n) is 4.29. The molecule has 0 aliphatic carbocycles. The highest BCUT2D eigenvalue weighted by Gasteiger charge is 2.24. The Kier molecular flexibility index (Phi) is 4.33. The normalized spacial score (nSPS) is 11.6. The van der Waals surface area contributed by atoms with Gasteiger partial charge in [-0.3, -0.25) is 22.9 Å². The SMILES string of the molecule is Cc1ccccc1Cn1c(=O)c2c(nc3n(-c4ccccc4O)c(C)c(C)n23)n(C)c1=O. The number of hydrogen-bond donors (Lipinski definition) is 1. The first-order valence-electron chi connectivity index (χ1n) is 10.3. The first kappa shape index (κ1) is 19.9. The summed E-state index contributed by atoms with van der Waals surface area (Å²) in [6, 6.07) is 14.7. The number of aromatic hydroxyl groups is 1. The average Bonchev–Trinajstić information content (AvgIpc) is 3.27. The average molecular weight is 429 g/mol. The minimum Gasteiger partial charge on any atom is -0.506 e. The van der Waals surface area contributed by atoms with E-state index in [2.05, 4.69) is 4.98 Å². The van der Waals surface area contributed by atoms with Crippen molar-refractivity contribution in [3.63, 3.8) is 0 Å². The topological polar surface area (TPSA) is 86.5 Å². The van der Waals surface area contributed by atoms with Crippen molar-refractivity contribution in [3.8, 4) is 11.4 Å². The summed E-state index contributed by atoms with van der Waals surface area (Å²) >= 11 is 0. The lowest BCUT2D eigenvalue weighted by molar-refractivity contribution is 0.472. The summed E-state index contributed by atoms with van der Waals surface area (Å²) in [5, 5.41) is 10.4. The summed E-state index contributed by atoms with van der Waals surface area (Å²) < 4.78 is 6.24. The summed E-state index contributed by atoms with van der Waals surface area (Å²) in [5.41, 5.74) is 3.96. The van der Waals surface area contributed by atoms with Gasteiger partial charge >= 0.3 is 5.69 Å². The molecule has 0 unspecified atom stereocenters. The number of fused-ring (bicyclic) bond motifs is 3. The Morgan fingerprint density at radius 3 is 2.34 bits per heavy atom. The van der Waals surface area contributed by atoms with Gasteiger partial charge in [-0.1, -0.05) is 36.4 Å². The van der Waals surface area contributed by atoms with Crippen LogP contribution in [0.5, 0.6) is 5.75 Å². The summed E-state index contributed by atoms with van der Waals surface area (Å²) in [4.78, 5) is 31.4. The minimum absolute atomic E-state index is 0.103. The van der Waals surface area contributed by atoms with Gasteiger partial charge < -0.3 is 5.11 Å². The highest BCUT2D eigenvalue weighted by atomic mass is 16.3. The molecule has 32 heavy (non-hydrogen) atoms. The summed E-state index contributed by atoms with van der Waals surface area (Å²) in [6.45, 7) is 5.95. The summed E-state index contributed by atoms with van der Waals surface area (Å²) in [6.07, 6.45) is 0. The van der Waals surface area contributed by atoms with Crippen molar-refractivity contribution < 1.29 is 5.11 Å². The van der Waals surface area contributed by atoms with Gasteiger partial charge in [-0.05, 0) is 44.0 Å². The molecule has 8 nitrogen and oxygen atoms in total. The quantitative estimate of drug-likeness (QED) is 0.478. The summed E-state index contributed by atoms with van der Waals surface area (Å²) in [5.74, 6) is 0.572. The van der Waals surface area contributed by atoms with Gasteiger partial charge in [-0.25, -0.2) is 4.79 Å². The Hall–Kier alpha value is -4.07. The fraction of sp³-hybridized carbons (Fsp3) is 0.208. The zero-order valence-electron chi connectivity index (χ0n) is 18.3. The van der Waals surface area contributed by atoms with Crippen molar-refractivity contribution in [1.82, 2.24) is 23.1 Å². The predicted octanol–water partition coefficient (Wildman–Crippen LogP) is 2.82. The van der Waals surface area contributed by atoms with Gasteiger partial charge in [-0.15, -0.1) is 0 Å². The molecule has 0 amide bonds. The molecule has 2 aromatic carbocycles. The number of benzene rings is 2. The van der Waals surface area contributed by atoms with Crippen LogP contribution in [0.4, 0.5) is 0 Å². The van der Waals surface area contributed by atoms with Crippen LogP contribution in [-0.2, 0) is 13.6 Å². The first-order chi connectivity index (χ1) is 15.3. The van der Waals surface area contributed by atoms with Crippen molar-refractivity contribution >= 4 is 16.9 Å². The Bertz CT molecular complexity index is 1650. The van der Waals surface area contributed by atoms with Crippen LogP contribution >= 0.6 is 0 Å². The molecule has 0 bridgehead atoms. The van der Waals surface area contributed by atoms with E-state index < -0.39 is 11.2 Å². The van der Waals surface area contributed by atoms with E-state index in [1.165, 1.54) is 9.13 Å². The van der Waals surface area contributed by atoms with E-state index in [4.69, 9.17) is 0 Å². The minimum atomic E-state index is -0.421. The van der Waals surface area contributed by atoms with Gasteiger partial charge in [0.1, 0.15) is 5.75 Å². The number of para-hydroxylation sites is 2. The van der Waals surface area contributed by atoms with Crippen LogP contribution in [0.15, 0.2) is 58.1 Å². The number of hydrogen-bond acceptors (Lipinski definition) is 4. The highest BCUT2D eigenvalue weighted by Crippen LogP contribution is 2.29. The number of phenolic OH excluding ortho intramolecular Hbond substituents is 1. The molecule has 0 atom stereocenters. The third-order valence-corrected chi connectivity index (χ3v) is 6.23. The second-order valence-electron chi connectivity index (χ2n) is 8.07.